The number of esters is 3. The van der Waals surface area contributed by atoms with Gasteiger partial charge in [-0.1, -0.05) is 182 Å². The molecule has 0 aliphatic carbocycles. The number of rotatable bonds is 36. The molecule has 0 aliphatic heterocycles. The number of carbonyl (C=O) groups is 3. The maximum Gasteiger partial charge on any atom is 0.306 e. The molecule has 0 amide bonds. The van der Waals surface area contributed by atoms with E-state index in [1.165, 1.54) is 109 Å². The molecule has 0 aromatic carbocycles. The van der Waals surface area contributed by atoms with Crippen LogP contribution in [0.4, 0.5) is 0 Å². The minimum atomic E-state index is -0.759. The molecule has 0 aliphatic rings. The first-order valence-corrected chi connectivity index (χ1v) is 20.7. The van der Waals surface area contributed by atoms with Gasteiger partial charge in [0.25, 0.3) is 0 Å². The van der Waals surface area contributed by atoms with Gasteiger partial charge in [0.15, 0.2) is 6.10 Å². The zero-order valence-corrected chi connectivity index (χ0v) is 32.6. The van der Waals surface area contributed by atoms with E-state index in [9.17, 15) is 14.4 Å². The van der Waals surface area contributed by atoms with Gasteiger partial charge in [-0.25, -0.2) is 0 Å². The molecule has 0 spiro atoms. The molecule has 6 heteroatoms. The Morgan fingerprint density at radius 1 is 0.396 bits per heavy atom. The summed E-state index contributed by atoms with van der Waals surface area (Å²) in [6, 6.07) is 0. The second kappa shape index (κ2) is 35.2. The van der Waals surface area contributed by atoms with Crippen molar-refractivity contribution in [2.75, 3.05) is 13.2 Å². The molecule has 0 aromatic heterocycles. The van der Waals surface area contributed by atoms with Gasteiger partial charge < -0.3 is 14.2 Å². The Labute approximate surface area is 298 Å². The maximum atomic E-state index is 12.6. The maximum absolute atomic E-state index is 12.6. The molecule has 0 N–H and O–H groups in total. The van der Waals surface area contributed by atoms with Crippen LogP contribution in [-0.2, 0) is 28.6 Å². The van der Waals surface area contributed by atoms with Gasteiger partial charge >= 0.3 is 17.9 Å². The zero-order chi connectivity index (χ0) is 35.5. The van der Waals surface area contributed by atoms with Gasteiger partial charge in [0.1, 0.15) is 13.2 Å². The monoisotopic (exact) mass is 681 g/mol. The fraction of sp³-hybridized carbons (Fsp3) is 0.929. The average molecular weight is 681 g/mol. The van der Waals surface area contributed by atoms with Crippen LogP contribution in [0.3, 0.4) is 0 Å². The van der Waals surface area contributed by atoms with Gasteiger partial charge in [-0.2, -0.15) is 0 Å². The van der Waals surface area contributed by atoms with Gasteiger partial charge in [0, 0.05) is 19.3 Å². The summed E-state index contributed by atoms with van der Waals surface area (Å²) in [7, 11) is 0. The van der Waals surface area contributed by atoms with E-state index in [1.807, 2.05) is 0 Å². The molecule has 0 heterocycles. The van der Waals surface area contributed by atoms with Crippen LogP contribution in [0, 0.1) is 11.8 Å². The van der Waals surface area contributed by atoms with E-state index in [4.69, 9.17) is 14.2 Å². The highest BCUT2D eigenvalue weighted by Gasteiger charge is 2.19. The molecule has 1 atom stereocenters. The summed E-state index contributed by atoms with van der Waals surface area (Å²) in [6.07, 6.45) is 31.1. The molecular formula is C42H80O6. The van der Waals surface area contributed by atoms with E-state index in [0.717, 1.165) is 69.6 Å². The molecule has 0 fully saturated rings. The fourth-order valence-corrected chi connectivity index (χ4v) is 6.05. The summed E-state index contributed by atoms with van der Waals surface area (Å²) in [5, 5.41) is 0. The predicted molar refractivity (Wildman–Crippen MR) is 201 cm³/mol. The smallest absolute Gasteiger partial charge is 0.306 e. The summed E-state index contributed by atoms with van der Waals surface area (Å²) in [5.41, 5.74) is 0. The van der Waals surface area contributed by atoms with Crippen molar-refractivity contribution in [2.45, 2.75) is 227 Å². The number of hydrogen-bond donors (Lipinski definition) is 0. The Morgan fingerprint density at radius 2 is 0.688 bits per heavy atom. The molecule has 48 heavy (non-hydrogen) atoms. The highest BCUT2D eigenvalue weighted by atomic mass is 16.6. The lowest BCUT2D eigenvalue weighted by Gasteiger charge is -2.18. The second-order valence-electron chi connectivity index (χ2n) is 15.2. The summed E-state index contributed by atoms with van der Waals surface area (Å²) < 4.78 is 16.6. The van der Waals surface area contributed by atoms with Gasteiger partial charge in [-0.15, -0.1) is 0 Å². The first-order chi connectivity index (χ1) is 23.2. The largest absolute Gasteiger partial charge is 0.462 e. The molecule has 0 saturated carbocycles. The highest BCUT2D eigenvalue weighted by Crippen LogP contribution is 2.16. The first kappa shape index (κ1) is 46.4. The fourth-order valence-electron chi connectivity index (χ4n) is 6.05. The molecular weight excluding hydrogens is 600 g/mol. The van der Waals surface area contributed by atoms with Crippen LogP contribution >= 0.6 is 0 Å². The number of hydrogen-bond acceptors (Lipinski definition) is 6. The molecule has 0 unspecified atom stereocenters. The Balaban J connectivity index is 4.30. The van der Waals surface area contributed by atoms with Crippen LogP contribution in [0.2, 0.25) is 0 Å². The molecule has 0 radical (unpaired) electrons. The minimum Gasteiger partial charge on any atom is -0.462 e. The predicted octanol–water partition coefficient (Wildman–Crippen LogP) is 12.6. The minimum absolute atomic E-state index is 0.0670. The van der Waals surface area contributed by atoms with E-state index >= 15 is 0 Å². The molecule has 0 rings (SSSR count). The van der Waals surface area contributed by atoms with E-state index in [-0.39, 0.29) is 31.1 Å². The summed E-state index contributed by atoms with van der Waals surface area (Å²) in [6.45, 7) is 11.2. The SMILES string of the molecule is CCCCCCCCCC(=O)OC[C@@H](COC(=O)CCCCCCCCC(C)C)OC(=O)CCCCCCCCCCCCCC(C)C. The Kier molecular flexibility index (Phi) is 34.1. The van der Waals surface area contributed by atoms with Crippen molar-refractivity contribution in [3.05, 3.63) is 0 Å². The van der Waals surface area contributed by atoms with Gasteiger partial charge in [0.05, 0.1) is 0 Å². The van der Waals surface area contributed by atoms with Crippen molar-refractivity contribution >= 4 is 17.9 Å². The topological polar surface area (TPSA) is 78.9 Å². The summed E-state index contributed by atoms with van der Waals surface area (Å²) in [5.74, 6) is 0.715. The van der Waals surface area contributed by atoms with Crippen LogP contribution in [0.1, 0.15) is 221 Å². The normalized spacial score (nSPS) is 12.1. The third-order valence-corrected chi connectivity index (χ3v) is 9.22. The van der Waals surface area contributed by atoms with Crippen LogP contribution in [-0.4, -0.2) is 37.2 Å². The Bertz CT molecular complexity index is 734. The number of carbonyl (C=O) groups excluding carboxylic acids is 3. The Morgan fingerprint density at radius 3 is 1.02 bits per heavy atom. The van der Waals surface area contributed by atoms with Crippen LogP contribution in [0.15, 0.2) is 0 Å². The van der Waals surface area contributed by atoms with E-state index in [2.05, 4.69) is 34.6 Å². The van der Waals surface area contributed by atoms with Crippen LogP contribution in [0.25, 0.3) is 0 Å². The van der Waals surface area contributed by atoms with E-state index < -0.39 is 6.10 Å². The van der Waals surface area contributed by atoms with E-state index in [0.29, 0.717) is 19.3 Å². The van der Waals surface area contributed by atoms with Gasteiger partial charge in [-0.3, -0.25) is 14.4 Å². The van der Waals surface area contributed by atoms with Gasteiger partial charge in [0.2, 0.25) is 0 Å². The van der Waals surface area contributed by atoms with Crippen molar-refractivity contribution in [1.29, 1.82) is 0 Å². The third kappa shape index (κ3) is 35.7. The lowest BCUT2D eigenvalue weighted by atomic mass is 10.0. The third-order valence-electron chi connectivity index (χ3n) is 9.22. The van der Waals surface area contributed by atoms with Gasteiger partial charge in [-0.05, 0) is 31.1 Å². The summed E-state index contributed by atoms with van der Waals surface area (Å²) >= 11 is 0. The first-order valence-electron chi connectivity index (χ1n) is 20.7. The van der Waals surface area contributed by atoms with Crippen LogP contribution < -0.4 is 0 Å². The second-order valence-corrected chi connectivity index (χ2v) is 15.2. The molecule has 284 valence electrons. The van der Waals surface area contributed by atoms with Crippen molar-refractivity contribution in [1.82, 2.24) is 0 Å². The Hall–Kier alpha value is -1.59. The highest BCUT2D eigenvalue weighted by molar-refractivity contribution is 5.71. The van der Waals surface area contributed by atoms with Crippen molar-refractivity contribution in [3.63, 3.8) is 0 Å². The van der Waals surface area contributed by atoms with Crippen molar-refractivity contribution < 1.29 is 28.6 Å². The van der Waals surface area contributed by atoms with E-state index in [1.54, 1.807) is 0 Å². The number of unbranched alkanes of at least 4 members (excludes halogenated alkanes) is 21. The lowest BCUT2D eigenvalue weighted by Crippen LogP contribution is -2.30. The van der Waals surface area contributed by atoms with Crippen molar-refractivity contribution in [3.8, 4) is 0 Å². The molecule has 0 aromatic rings. The average Bonchev–Trinajstić information content (AvgIpc) is 3.04. The van der Waals surface area contributed by atoms with Crippen LogP contribution in [0.5, 0.6) is 0 Å². The number of ether oxygens (including phenoxy) is 3. The summed E-state index contributed by atoms with van der Waals surface area (Å²) in [4.78, 5) is 37.4. The molecule has 0 bridgehead atoms. The lowest BCUT2D eigenvalue weighted by molar-refractivity contribution is -0.167. The standard InChI is InChI=1S/C42H80O6/c1-6-7-8-9-15-22-27-32-40(43)46-35-39(36-47-41(44)33-28-23-19-18-21-26-31-38(4)5)48-42(45)34-29-24-17-14-12-10-11-13-16-20-25-30-37(2)3/h37-39H,6-36H2,1-5H3/t39-/m0/s1. The quantitative estimate of drug-likeness (QED) is 0.0372. The molecule has 6 nitrogen and oxygen atoms in total. The zero-order valence-electron chi connectivity index (χ0n) is 32.6. The van der Waals surface area contributed by atoms with Crippen molar-refractivity contribution in [2.24, 2.45) is 11.8 Å². The molecule has 0 saturated heterocycles.